The molecule has 1 saturated carbocycles. The SMILES string of the molecule is CN(C)Cc1ccc(CC2(O)CC2)cc1Cl. The van der Waals surface area contributed by atoms with Crippen LogP contribution < -0.4 is 0 Å². The van der Waals surface area contributed by atoms with Gasteiger partial charge in [-0.3, -0.25) is 0 Å². The lowest BCUT2D eigenvalue weighted by Crippen LogP contribution is -2.12. The highest BCUT2D eigenvalue weighted by Crippen LogP contribution is 2.38. The van der Waals surface area contributed by atoms with E-state index in [-0.39, 0.29) is 0 Å². The van der Waals surface area contributed by atoms with E-state index in [4.69, 9.17) is 11.6 Å². The van der Waals surface area contributed by atoms with Crippen molar-refractivity contribution < 1.29 is 5.11 Å². The van der Waals surface area contributed by atoms with E-state index in [1.54, 1.807) is 0 Å². The molecule has 2 rings (SSSR count). The fraction of sp³-hybridized carbons (Fsp3) is 0.538. The van der Waals surface area contributed by atoms with E-state index < -0.39 is 5.60 Å². The summed E-state index contributed by atoms with van der Waals surface area (Å²) < 4.78 is 0. The number of hydrogen-bond donors (Lipinski definition) is 1. The minimum absolute atomic E-state index is 0.438. The highest BCUT2D eigenvalue weighted by molar-refractivity contribution is 6.31. The third-order valence-corrected chi connectivity index (χ3v) is 3.32. The summed E-state index contributed by atoms with van der Waals surface area (Å²) in [7, 11) is 4.05. The van der Waals surface area contributed by atoms with E-state index in [0.717, 1.165) is 42.0 Å². The van der Waals surface area contributed by atoms with Gasteiger partial charge in [0.05, 0.1) is 5.60 Å². The molecule has 1 aromatic carbocycles. The molecule has 0 aliphatic heterocycles. The first kappa shape index (κ1) is 11.9. The predicted molar refractivity (Wildman–Crippen MR) is 66.7 cm³/mol. The Hall–Kier alpha value is -0.570. The van der Waals surface area contributed by atoms with Gasteiger partial charge < -0.3 is 10.0 Å². The van der Waals surface area contributed by atoms with Gasteiger partial charge in [-0.1, -0.05) is 23.7 Å². The molecular weight excluding hydrogens is 222 g/mol. The van der Waals surface area contributed by atoms with Gasteiger partial charge in [0.1, 0.15) is 0 Å². The summed E-state index contributed by atoms with van der Waals surface area (Å²) in [5, 5.41) is 10.6. The van der Waals surface area contributed by atoms with Crippen molar-refractivity contribution in [2.75, 3.05) is 14.1 Å². The largest absolute Gasteiger partial charge is 0.390 e. The Morgan fingerprint density at radius 1 is 1.38 bits per heavy atom. The summed E-state index contributed by atoms with van der Waals surface area (Å²) in [4.78, 5) is 2.09. The van der Waals surface area contributed by atoms with Crippen molar-refractivity contribution >= 4 is 11.6 Å². The Bertz CT molecular complexity index is 386. The first-order chi connectivity index (χ1) is 7.48. The molecular formula is C13H18ClNO. The summed E-state index contributed by atoms with van der Waals surface area (Å²) >= 11 is 6.21. The van der Waals surface area contributed by atoms with Crippen LogP contribution in [0.15, 0.2) is 18.2 Å². The Morgan fingerprint density at radius 2 is 2.06 bits per heavy atom. The summed E-state index contributed by atoms with van der Waals surface area (Å²) in [6.07, 6.45) is 2.57. The normalized spacial score (nSPS) is 17.8. The van der Waals surface area contributed by atoms with Gasteiger partial charge in [0.15, 0.2) is 0 Å². The molecule has 0 aromatic heterocycles. The quantitative estimate of drug-likeness (QED) is 0.873. The van der Waals surface area contributed by atoms with Crippen LogP contribution in [0.2, 0.25) is 5.02 Å². The van der Waals surface area contributed by atoms with Crippen molar-refractivity contribution in [1.82, 2.24) is 4.90 Å². The highest BCUT2D eigenvalue weighted by Gasteiger charge is 2.40. The Labute approximate surface area is 102 Å². The second-order valence-electron chi connectivity index (χ2n) is 5.06. The molecule has 1 fully saturated rings. The van der Waals surface area contributed by atoms with Crippen LogP contribution in [-0.4, -0.2) is 29.7 Å². The number of nitrogens with zero attached hydrogens (tertiary/aromatic N) is 1. The lowest BCUT2D eigenvalue weighted by atomic mass is 10.0. The molecule has 0 heterocycles. The lowest BCUT2D eigenvalue weighted by Gasteiger charge is -2.13. The molecule has 0 saturated heterocycles. The number of halogens is 1. The van der Waals surface area contributed by atoms with Gasteiger partial charge in [-0.2, -0.15) is 0 Å². The minimum Gasteiger partial charge on any atom is -0.390 e. The van der Waals surface area contributed by atoms with Crippen LogP contribution >= 0.6 is 11.6 Å². The molecule has 88 valence electrons. The Balaban J connectivity index is 2.09. The van der Waals surface area contributed by atoms with Gasteiger partial charge >= 0.3 is 0 Å². The molecule has 0 radical (unpaired) electrons. The van der Waals surface area contributed by atoms with Crippen molar-refractivity contribution in [2.45, 2.75) is 31.4 Å². The molecule has 16 heavy (non-hydrogen) atoms. The number of hydrogen-bond acceptors (Lipinski definition) is 2. The van der Waals surface area contributed by atoms with Crippen molar-refractivity contribution in [3.05, 3.63) is 34.3 Å². The second-order valence-corrected chi connectivity index (χ2v) is 5.47. The standard InChI is InChI=1S/C13H18ClNO/c1-15(2)9-11-4-3-10(7-12(11)14)8-13(16)5-6-13/h3-4,7,16H,5-6,8-9H2,1-2H3. The Kier molecular flexibility index (Phi) is 3.24. The van der Waals surface area contributed by atoms with Crippen LogP contribution in [0, 0.1) is 0 Å². The lowest BCUT2D eigenvalue weighted by molar-refractivity contribution is 0.151. The maximum Gasteiger partial charge on any atom is 0.0690 e. The third kappa shape index (κ3) is 2.97. The molecule has 3 heteroatoms. The Morgan fingerprint density at radius 3 is 2.56 bits per heavy atom. The van der Waals surface area contributed by atoms with E-state index in [0.29, 0.717) is 0 Å². The molecule has 0 amide bonds. The maximum atomic E-state index is 9.84. The van der Waals surface area contributed by atoms with Gasteiger partial charge in [-0.25, -0.2) is 0 Å². The first-order valence-corrected chi connectivity index (χ1v) is 6.01. The zero-order chi connectivity index (χ0) is 11.8. The summed E-state index contributed by atoms with van der Waals surface area (Å²) in [5.74, 6) is 0. The average molecular weight is 240 g/mol. The minimum atomic E-state index is -0.438. The molecule has 2 nitrogen and oxygen atoms in total. The van der Waals surface area contributed by atoms with Crippen LogP contribution in [0.4, 0.5) is 0 Å². The average Bonchev–Trinajstić information content (AvgIpc) is 2.88. The number of aliphatic hydroxyl groups is 1. The molecule has 0 unspecified atom stereocenters. The van der Waals surface area contributed by atoms with E-state index in [1.165, 1.54) is 0 Å². The monoisotopic (exact) mass is 239 g/mol. The van der Waals surface area contributed by atoms with Crippen LogP contribution in [0.25, 0.3) is 0 Å². The van der Waals surface area contributed by atoms with Crippen LogP contribution in [0.5, 0.6) is 0 Å². The predicted octanol–water partition coefficient (Wildman–Crippen LogP) is 2.47. The molecule has 0 spiro atoms. The van der Waals surface area contributed by atoms with E-state index in [9.17, 15) is 5.11 Å². The molecule has 1 N–H and O–H groups in total. The van der Waals surface area contributed by atoms with Crippen LogP contribution in [-0.2, 0) is 13.0 Å². The second kappa shape index (κ2) is 4.36. The maximum absolute atomic E-state index is 9.84. The molecule has 0 bridgehead atoms. The van der Waals surface area contributed by atoms with Crippen molar-refractivity contribution in [3.63, 3.8) is 0 Å². The van der Waals surface area contributed by atoms with Crippen LogP contribution in [0.1, 0.15) is 24.0 Å². The van der Waals surface area contributed by atoms with Gasteiger partial charge in [-0.15, -0.1) is 0 Å². The molecule has 1 aliphatic rings. The van der Waals surface area contributed by atoms with Gasteiger partial charge in [0.2, 0.25) is 0 Å². The molecule has 1 aromatic rings. The van der Waals surface area contributed by atoms with E-state index >= 15 is 0 Å². The number of rotatable bonds is 4. The first-order valence-electron chi connectivity index (χ1n) is 5.63. The van der Waals surface area contributed by atoms with E-state index in [2.05, 4.69) is 17.0 Å². The fourth-order valence-corrected chi connectivity index (χ4v) is 2.13. The third-order valence-electron chi connectivity index (χ3n) is 2.96. The number of benzene rings is 1. The smallest absolute Gasteiger partial charge is 0.0690 e. The van der Waals surface area contributed by atoms with Gasteiger partial charge in [0.25, 0.3) is 0 Å². The molecule has 1 aliphatic carbocycles. The van der Waals surface area contributed by atoms with E-state index in [1.807, 2.05) is 20.2 Å². The topological polar surface area (TPSA) is 23.5 Å². The van der Waals surface area contributed by atoms with Crippen molar-refractivity contribution in [2.24, 2.45) is 0 Å². The van der Waals surface area contributed by atoms with Gasteiger partial charge in [0, 0.05) is 18.0 Å². The summed E-state index contributed by atoms with van der Waals surface area (Å²) in [5.41, 5.74) is 1.83. The van der Waals surface area contributed by atoms with Crippen molar-refractivity contribution in [3.8, 4) is 0 Å². The summed E-state index contributed by atoms with van der Waals surface area (Å²) in [6.45, 7) is 0.851. The molecule has 0 atom stereocenters. The van der Waals surface area contributed by atoms with Crippen molar-refractivity contribution in [1.29, 1.82) is 0 Å². The van der Waals surface area contributed by atoms with Crippen LogP contribution in [0.3, 0.4) is 0 Å². The summed E-state index contributed by atoms with van der Waals surface area (Å²) in [6, 6.07) is 6.11. The highest BCUT2D eigenvalue weighted by atomic mass is 35.5. The van der Waals surface area contributed by atoms with Gasteiger partial charge in [-0.05, 0) is 44.1 Å². The fourth-order valence-electron chi connectivity index (χ4n) is 1.87. The zero-order valence-electron chi connectivity index (χ0n) is 9.83. The zero-order valence-corrected chi connectivity index (χ0v) is 10.6.